The normalized spacial score (nSPS) is 9.14. The second-order valence-electron chi connectivity index (χ2n) is 1.91. The van der Waals surface area contributed by atoms with Gasteiger partial charge in [-0.25, -0.2) is 0 Å². The standard InChI is InChI=1S/2C2H.2CH3.Sn/c2*1-2;;;/h2*1H;2*1H3;. The fraction of sp³-hybridized carbons (Fsp3) is 0.333. The summed E-state index contributed by atoms with van der Waals surface area (Å²) < 4.78 is 5.33. The maximum atomic E-state index is 5.12. The van der Waals surface area contributed by atoms with E-state index in [9.17, 15) is 0 Å². The van der Waals surface area contributed by atoms with Crippen molar-refractivity contribution in [3.8, 4) is 20.7 Å². The summed E-state index contributed by atoms with van der Waals surface area (Å²) in [5.74, 6) is 0. The van der Waals surface area contributed by atoms with Crippen molar-refractivity contribution in [2.24, 2.45) is 0 Å². The third-order valence-corrected chi connectivity index (χ3v) is 4.84. The summed E-state index contributed by atoms with van der Waals surface area (Å²) >= 11 is -2.23. The van der Waals surface area contributed by atoms with Crippen molar-refractivity contribution in [3.63, 3.8) is 0 Å². The van der Waals surface area contributed by atoms with E-state index in [2.05, 4.69) is 7.87 Å². The van der Waals surface area contributed by atoms with E-state index in [0.717, 1.165) is 0 Å². The van der Waals surface area contributed by atoms with Gasteiger partial charge in [0.1, 0.15) is 0 Å². The Kier molecular flexibility index (Phi) is 2.26. The van der Waals surface area contributed by atoms with Crippen molar-refractivity contribution >= 4 is 18.4 Å². The Labute approximate surface area is 49.2 Å². The van der Waals surface area contributed by atoms with Gasteiger partial charge in [-0.2, -0.15) is 0 Å². The zero-order chi connectivity index (χ0) is 5.91. The first kappa shape index (κ1) is 6.92. The van der Waals surface area contributed by atoms with Gasteiger partial charge >= 0.3 is 49.0 Å². The van der Waals surface area contributed by atoms with Gasteiger partial charge in [-0.1, -0.05) is 0 Å². The van der Waals surface area contributed by atoms with Gasteiger partial charge < -0.3 is 0 Å². The minimum atomic E-state index is -2.23. The molecule has 0 rings (SSSR count). The Morgan fingerprint density at radius 1 is 1.14 bits per heavy atom. The quantitative estimate of drug-likeness (QED) is 0.403. The number of terminal acetylenes is 2. The molecule has 0 amide bonds. The van der Waals surface area contributed by atoms with E-state index in [1.807, 2.05) is 9.88 Å². The predicted octanol–water partition coefficient (Wildman–Crippen LogP) is 1.04. The van der Waals surface area contributed by atoms with Crippen LogP contribution in [0.2, 0.25) is 9.88 Å². The molecule has 0 saturated heterocycles. The van der Waals surface area contributed by atoms with Crippen molar-refractivity contribution in [1.82, 2.24) is 0 Å². The van der Waals surface area contributed by atoms with Crippen molar-refractivity contribution < 1.29 is 0 Å². The molecule has 0 heterocycles. The SMILES string of the molecule is C#[C][Sn]([CH3])([CH3])[C]#C. The predicted molar refractivity (Wildman–Crippen MR) is 35.1 cm³/mol. The van der Waals surface area contributed by atoms with E-state index in [4.69, 9.17) is 12.8 Å². The average Bonchev–Trinajstić information content (AvgIpc) is 1.68. The molecule has 0 fully saturated rings. The van der Waals surface area contributed by atoms with Gasteiger partial charge in [0.2, 0.25) is 0 Å². The maximum absolute atomic E-state index is 5.12. The number of hydrogen-bond donors (Lipinski definition) is 0. The molecular formula is C6H8Sn. The fourth-order valence-electron chi connectivity index (χ4n) is 0.0417. The first-order chi connectivity index (χ1) is 3.12. The third-order valence-electron chi connectivity index (χ3n) is 0.722. The van der Waals surface area contributed by atoms with E-state index >= 15 is 0 Å². The Hall–Kier alpha value is -0.0813. The molecule has 0 spiro atoms. The van der Waals surface area contributed by atoms with Crippen molar-refractivity contribution in [3.05, 3.63) is 0 Å². The summed E-state index contributed by atoms with van der Waals surface area (Å²) in [6.45, 7) is 0. The van der Waals surface area contributed by atoms with Crippen molar-refractivity contribution in [1.29, 1.82) is 0 Å². The van der Waals surface area contributed by atoms with Gasteiger partial charge in [-0.3, -0.25) is 0 Å². The summed E-state index contributed by atoms with van der Waals surface area (Å²) in [4.78, 5) is 4.07. The van der Waals surface area contributed by atoms with Crippen molar-refractivity contribution in [2.75, 3.05) is 0 Å². The fourth-order valence-corrected chi connectivity index (χ4v) is 0.280. The molecule has 1 heteroatoms. The molecule has 0 aromatic heterocycles. The van der Waals surface area contributed by atoms with Crippen LogP contribution in [0.1, 0.15) is 0 Å². The van der Waals surface area contributed by atoms with Crippen LogP contribution in [0.15, 0.2) is 0 Å². The summed E-state index contributed by atoms with van der Waals surface area (Å²) in [5, 5.41) is 0. The van der Waals surface area contributed by atoms with Crippen molar-refractivity contribution in [2.45, 2.75) is 9.88 Å². The van der Waals surface area contributed by atoms with Crippen LogP contribution >= 0.6 is 0 Å². The minimum absolute atomic E-state index is 2.04. The molecule has 7 heavy (non-hydrogen) atoms. The number of hydrogen-bond acceptors (Lipinski definition) is 0. The van der Waals surface area contributed by atoms with Crippen LogP contribution in [0.3, 0.4) is 0 Å². The van der Waals surface area contributed by atoms with E-state index < -0.39 is 18.4 Å². The van der Waals surface area contributed by atoms with Gasteiger partial charge in [0.25, 0.3) is 0 Å². The van der Waals surface area contributed by atoms with Crippen LogP contribution in [-0.4, -0.2) is 18.4 Å². The van der Waals surface area contributed by atoms with Crippen LogP contribution in [0, 0.1) is 20.7 Å². The van der Waals surface area contributed by atoms with E-state index in [0.29, 0.717) is 0 Å². The zero-order valence-electron chi connectivity index (χ0n) is 4.65. The van der Waals surface area contributed by atoms with Gasteiger partial charge in [0.05, 0.1) is 0 Å². The first-order valence-electron chi connectivity index (χ1n) is 2.08. The zero-order valence-corrected chi connectivity index (χ0v) is 7.51. The van der Waals surface area contributed by atoms with Gasteiger partial charge in [-0.05, 0) is 0 Å². The molecule has 0 nitrogen and oxygen atoms in total. The molecule has 36 valence electrons. The Bertz CT molecular complexity index is 115. The average molecular weight is 199 g/mol. The summed E-state index contributed by atoms with van der Waals surface area (Å²) in [6, 6.07) is 0. The molecule has 0 aliphatic heterocycles. The van der Waals surface area contributed by atoms with Crippen LogP contribution in [-0.2, 0) is 0 Å². The topological polar surface area (TPSA) is 0 Å². The van der Waals surface area contributed by atoms with E-state index in [1.165, 1.54) is 0 Å². The first-order valence-corrected chi connectivity index (χ1v) is 10.6. The monoisotopic (exact) mass is 200 g/mol. The molecule has 0 aromatic rings. The molecule has 0 saturated carbocycles. The van der Waals surface area contributed by atoms with Gasteiger partial charge in [0.15, 0.2) is 0 Å². The molecule has 0 aliphatic carbocycles. The molecule has 0 bridgehead atoms. The molecule has 0 N–H and O–H groups in total. The van der Waals surface area contributed by atoms with E-state index in [1.54, 1.807) is 0 Å². The third kappa shape index (κ3) is 2.59. The Balaban J connectivity index is 4.00. The van der Waals surface area contributed by atoms with Crippen LogP contribution in [0.5, 0.6) is 0 Å². The molecular weight excluding hydrogens is 191 g/mol. The van der Waals surface area contributed by atoms with E-state index in [-0.39, 0.29) is 0 Å². The molecule has 0 radical (unpaired) electrons. The number of rotatable bonds is 0. The summed E-state index contributed by atoms with van der Waals surface area (Å²) in [6.07, 6.45) is 10.2. The molecule has 0 unspecified atom stereocenters. The van der Waals surface area contributed by atoms with Crippen LogP contribution in [0.4, 0.5) is 0 Å². The Morgan fingerprint density at radius 2 is 1.43 bits per heavy atom. The summed E-state index contributed by atoms with van der Waals surface area (Å²) in [7, 11) is 0. The van der Waals surface area contributed by atoms with Crippen LogP contribution in [0.25, 0.3) is 0 Å². The van der Waals surface area contributed by atoms with Gasteiger partial charge in [0, 0.05) is 0 Å². The molecule has 0 atom stereocenters. The molecule has 0 aromatic carbocycles. The van der Waals surface area contributed by atoms with Crippen LogP contribution < -0.4 is 0 Å². The second kappa shape index (κ2) is 2.28. The molecule has 0 aliphatic rings. The summed E-state index contributed by atoms with van der Waals surface area (Å²) in [5.41, 5.74) is 0. The Morgan fingerprint density at radius 3 is 1.43 bits per heavy atom. The van der Waals surface area contributed by atoms with Gasteiger partial charge in [-0.15, -0.1) is 0 Å². The second-order valence-corrected chi connectivity index (χ2v) is 12.8.